The topological polar surface area (TPSA) is 86.9 Å². The smallest absolute Gasteiger partial charge is 0.261 e. The molecule has 3 aromatic carbocycles. The van der Waals surface area contributed by atoms with Gasteiger partial charge in [-0.2, -0.15) is 0 Å². The molecule has 5 heterocycles. The van der Waals surface area contributed by atoms with Crippen LogP contribution in [0.2, 0.25) is 0 Å². The second-order valence-electron chi connectivity index (χ2n) is 11.7. The molecule has 3 aromatic rings. The van der Waals surface area contributed by atoms with Gasteiger partial charge in [0.2, 0.25) is 5.36 Å². The van der Waals surface area contributed by atoms with Crippen LogP contribution in [0.15, 0.2) is 40.1 Å². The predicted octanol–water partition coefficient (Wildman–Crippen LogP) is 3.63. The van der Waals surface area contributed by atoms with Crippen molar-refractivity contribution in [1.82, 2.24) is 4.58 Å². The van der Waals surface area contributed by atoms with Crippen molar-refractivity contribution in [3.63, 3.8) is 0 Å². The third-order valence-corrected chi connectivity index (χ3v) is 11.4. The van der Waals surface area contributed by atoms with E-state index in [1.807, 2.05) is 0 Å². The van der Waals surface area contributed by atoms with E-state index in [1.165, 1.54) is 45.4 Å². The number of benzene rings is 3. The second-order valence-corrected chi connectivity index (χ2v) is 15.2. The summed E-state index contributed by atoms with van der Waals surface area (Å²) >= 11 is -2.35. The minimum absolute atomic E-state index is 0.00608. The molecule has 0 amide bonds. The van der Waals surface area contributed by atoms with Gasteiger partial charge in [0.1, 0.15) is 24.6 Å². The molecule has 0 spiro atoms. The van der Waals surface area contributed by atoms with Crippen molar-refractivity contribution in [1.29, 1.82) is 0 Å². The number of rotatable bonds is 3. The zero-order valence-electron chi connectivity index (χ0n) is 22.5. The van der Waals surface area contributed by atoms with Crippen molar-refractivity contribution in [3.8, 4) is 11.5 Å². The first-order valence-corrected chi connectivity index (χ1v) is 17.8. The molecule has 1 atom stereocenters. The Labute approximate surface area is 245 Å². The van der Waals surface area contributed by atoms with Gasteiger partial charge in [0.25, 0.3) is 9.05 Å². The van der Waals surface area contributed by atoms with Crippen LogP contribution in [0.4, 0.5) is 5.69 Å². The molecular weight excluding hydrogens is 580 g/mol. The number of nitrogens with zero attached hydrogens (tertiary/aromatic N) is 2. The van der Waals surface area contributed by atoms with Crippen molar-refractivity contribution in [2.75, 3.05) is 31.1 Å². The van der Waals surface area contributed by atoms with Crippen LogP contribution in [-0.4, -0.2) is 43.4 Å². The van der Waals surface area contributed by atoms with E-state index < -0.39 is 20.1 Å². The Morgan fingerprint density at radius 3 is 2.39 bits per heavy atom. The third kappa shape index (κ3) is 3.96. The predicted molar refractivity (Wildman–Crippen MR) is 159 cm³/mol. The van der Waals surface area contributed by atoms with Crippen LogP contribution in [0.1, 0.15) is 59.1 Å². The molecule has 10 heteroatoms. The zero-order valence-corrected chi connectivity index (χ0v) is 24.9. The molecule has 212 valence electrons. The second kappa shape index (κ2) is 9.39. The van der Waals surface area contributed by atoms with Gasteiger partial charge in [-0.1, -0.05) is 6.07 Å². The van der Waals surface area contributed by atoms with Gasteiger partial charge in [-0.15, -0.1) is 0 Å². The van der Waals surface area contributed by atoms with Gasteiger partial charge in [0.15, 0.2) is 11.1 Å². The maximum absolute atomic E-state index is 13.0. The average molecular weight is 610 g/mol. The Morgan fingerprint density at radius 2 is 1.61 bits per heavy atom. The number of halogens is 1. The van der Waals surface area contributed by atoms with E-state index in [9.17, 15) is 17.2 Å². The minimum Gasteiger partial charge on any atom is -0.455 e. The maximum Gasteiger partial charge on any atom is 0.261 e. The van der Waals surface area contributed by atoms with Crippen LogP contribution in [-0.2, 0) is 45.8 Å². The zero-order chi connectivity index (χ0) is 28.0. The van der Waals surface area contributed by atoms with Gasteiger partial charge >= 0.3 is 0 Å². The molecular formula is C31H30ClN2O5S2+. The molecule has 0 aliphatic carbocycles. The largest absolute Gasteiger partial charge is 0.455 e. The Hall–Kier alpha value is -2.72. The van der Waals surface area contributed by atoms with E-state index in [-0.39, 0.29) is 9.79 Å². The number of ether oxygens (including phenoxy) is 1. The summed E-state index contributed by atoms with van der Waals surface area (Å²) in [6.45, 7) is 4.14. The molecule has 41 heavy (non-hydrogen) atoms. The highest BCUT2D eigenvalue weighted by Crippen LogP contribution is 2.49. The van der Waals surface area contributed by atoms with Gasteiger partial charge in [-0.3, -0.25) is 0 Å². The lowest BCUT2D eigenvalue weighted by Crippen LogP contribution is -2.45. The van der Waals surface area contributed by atoms with Gasteiger partial charge in [0.05, 0.1) is 15.4 Å². The number of aryl methyl sites for hydroxylation is 2. The summed E-state index contributed by atoms with van der Waals surface area (Å²) in [5.41, 5.74) is 8.32. The van der Waals surface area contributed by atoms with Crippen LogP contribution < -0.4 is 24.8 Å². The van der Waals surface area contributed by atoms with E-state index in [2.05, 4.69) is 21.6 Å². The van der Waals surface area contributed by atoms with Gasteiger partial charge in [0, 0.05) is 75.3 Å². The first kappa shape index (κ1) is 25.9. The Kier molecular flexibility index (Phi) is 5.94. The highest BCUT2D eigenvalue weighted by atomic mass is 35.7. The summed E-state index contributed by atoms with van der Waals surface area (Å²) in [6.07, 6.45) is 7.95. The van der Waals surface area contributed by atoms with Crippen molar-refractivity contribution < 1.29 is 21.9 Å². The maximum atomic E-state index is 13.0. The molecule has 0 aromatic heterocycles. The molecule has 5 aliphatic heterocycles. The summed E-state index contributed by atoms with van der Waals surface area (Å²) in [4.78, 5) is 2.32. The normalized spacial score (nSPS) is 19.5. The molecule has 0 bridgehead atoms. The number of fused-ring (bicyclic) bond motifs is 4. The fraction of sp³-hybridized carbons (Fsp3) is 0.387. The summed E-state index contributed by atoms with van der Waals surface area (Å²) in [5.74, 6) is 1.63. The van der Waals surface area contributed by atoms with Gasteiger partial charge < -0.3 is 14.2 Å². The van der Waals surface area contributed by atoms with Crippen LogP contribution >= 0.6 is 10.7 Å². The third-order valence-electron chi connectivity index (χ3n) is 9.37. The number of hydrogen-bond donors (Lipinski definition) is 1. The van der Waals surface area contributed by atoms with Crippen LogP contribution in [0.3, 0.4) is 0 Å². The standard InChI is InChI=1S/C31H29ClN2O5S2/c32-41(37,38)26-17-20(40(35)36)9-10-21(26)27-24-15-18-5-1-11-33-13-3-7-22(28(18)33)30(24)39-31-23-8-4-14-34-12-2-6-19(29(23)34)16-25(27)31/h9-10,15-17H,1-8,11-14H2/p+1. The highest BCUT2D eigenvalue weighted by Gasteiger charge is 2.36. The van der Waals surface area contributed by atoms with Crippen molar-refractivity contribution in [3.05, 3.63) is 74.3 Å². The lowest BCUT2D eigenvalue weighted by molar-refractivity contribution is 0.431. The molecule has 0 saturated heterocycles. The summed E-state index contributed by atoms with van der Waals surface area (Å²) in [6, 6.07) is 8.80. The Morgan fingerprint density at radius 1 is 0.878 bits per heavy atom. The first-order valence-electron chi connectivity index (χ1n) is 14.4. The summed E-state index contributed by atoms with van der Waals surface area (Å²) < 4.78 is 57.3. The molecule has 0 fully saturated rings. The molecule has 0 saturated carbocycles. The lowest BCUT2D eigenvalue weighted by atomic mass is 9.82. The van der Waals surface area contributed by atoms with Gasteiger partial charge in [-0.05, 0) is 68.4 Å². The summed E-state index contributed by atoms with van der Waals surface area (Å²) in [7, 11) is 1.80. The molecule has 5 aliphatic rings. The van der Waals surface area contributed by atoms with E-state index in [0.717, 1.165) is 105 Å². The monoisotopic (exact) mass is 609 g/mol. The van der Waals surface area contributed by atoms with Crippen molar-refractivity contribution >= 4 is 42.1 Å². The molecule has 1 N–H and O–H groups in total. The Balaban J connectivity index is 1.55. The van der Waals surface area contributed by atoms with Crippen LogP contribution in [0.25, 0.3) is 5.57 Å². The quantitative estimate of drug-likeness (QED) is 0.217. The van der Waals surface area contributed by atoms with Crippen LogP contribution in [0.5, 0.6) is 11.5 Å². The van der Waals surface area contributed by atoms with Crippen molar-refractivity contribution in [2.24, 2.45) is 0 Å². The molecule has 8 rings (SSSR count). The number of anilines is 1. The fourth-order valence-electron chi connectivity index (χ4n) is 7.82. The lowest BCUT2D eigenvalue weighted by Gasteiger charge is -2.39. The van der Waals surface area contributed by atoms with Crippen LogP contribution in [0, 0.1) is 0 Å². The Bertz CT molecular complexity index is 1950. The van der Waals surface area contributed by atoms with E-state index in [4.69, 9.17) is 15.4 Å². The minimum atomic E-state index is -4.26. The van der Waals surface area contributed by atoms with E-state index in [0.29, 0.717) is 5.56 Å². The van der Waals surface area contributed by atoms with Crippen molar-refractivity contribution in [2.45, 2.75) is 61.2 Å². The van der Waals surface area contributed by atoms with Gasteiger partial charge in [-0.25, -0.2) is 17.2 Å². The average Bonchev–Trinajstić information content (AvgIpc) is 2.96. The number of hydrogen-bond acceptors (Lipinski definition) is 5. The molecule has 1 unspecified atom stereocenters. The molecule has 7 nitrogen and oxygen atoms in total. The SMILES string of the molecule is O=S(O)c1ccc(C2=c3cc4c5c(c3Oc3c2cc2c6c3CCCN6CCC2)CCC[N+]=5CCC4)c(S(=O)(=O)Cl)c1. The first-order chi connectivity index (χ1) is 19.8. The molecule has 0 radical (unpaired) electrons. The van der Waals surface area contributed by atoms with E-state index >= 15 is 0 Å². The van der Waals surface area contributed by atoms with E-state index in [1.54, 1.807) is 6.07 Å². The fourth-order valence-corrected chi connectivity index (χ4v) is 9.38. The highest BCUT2D eigenvalue weighted by molar-refractivity contribution is 8.13. The summed E-state index contributed by atoms with van der Waals surface area (Å²) in [5, 5.41) is 2.17.